The number of Topliss-reactive ketones (excluding diaryl/α,β-unsaturated/α-hetero) is 1. The summed E-state index contributed by atoms with van der Waals surface area (Å²) in [7, 11) is 1.42. The molecular weight excluding hydrogens is 658 g/mol. The van der Waals surface area contributed by atoms with Gasteiger partial charge in [0.1, 0.15) is 12.1 Å². The quantitative estimate of drug-likeness (QED) is 0.160. The number of hydrogen-bond acceptors (Lipinski definition) is 8. The van der Waals surface area contributed by atoms with Crippen molar-refractivity contribution in [1.29, 1.82) is 5.41 Å². The molecule has 1 aliphatic heterocycles. The first-order valence-corrected chi connectivity index (χ1v) is 16.5. The van der Waals surface area contributed by atoms with Gasteiger partial charge in [-0.3, -0.25) is 33.6 Å². The number of rotatable bonds is 9. The number of aromatic amines is 1. The van der Waals surface area contributed by atoms with Gasteiger partial charge in [0.2, 0.25) is 23.6 Å². The second-order valence-corrected chi connectivity index (χ2v) is 13.0. The van der Waals surface area contributed by atoms with Gasteiger partial charge in [0.15, 0.2) is 5.78 Å². The maximum atomic E-state index is 14.3. The monoisotopic (exact) mass is 701 g/mol. The van der Waals surface area contributed by atoms with Crippen molar-refractivity contribution in [2.75, 3.05) is 20.1 Å². The number of carboxylic acids is 1. The molecule has 1 aromatic heterocycles. The fourth-order valence-corrected chi connectivity index (χ4v) is 6.14. The van der Waals surface area contributed by atoms with E-state index in [2.05, 4.69) is 26.3 Å². The van der Waals surface area contributed by atoms with Crippen LogP contribution in [0.15, 0.2) is 54.7 Å². The molecule has 51 heavy (non-hydrogen) atoms. The van der Waals surface area contributed by atoms with Crippen LogP contribution >= 0.6 is 0 Å². The molecule has 0 saturated carbocycles. The number of amides is 5. The van der Waals surface area contributed by atoms with E-state index in [1.165, 1.54) is 24.1 Å². The molecule has 3 aromatic rings. The Kier molecular flexibility index (Phi) is 12.4. The molecule has 15 nitrogen and oxygen atoms in total. The van der Waals surface area contributed by atoms with Crippen molar-refractivity contribution < 1.29 is 38.7 Å². The first-order chi connectivity index (χ1) is 24.2. The highest BCUT2D eigenvalue weighted by atomic mass is 16.4. The Labute approximate surface area is 294 Å². The minimum absolute atomic E-state index is 0.0637. The number of carbonyl (C=O) groups excluding carboxylic acids is 6. The Bertz CT molecular complexity index is 1830. The molecule has 15 heteroatoms. The standard InChI is InChI=1S/C36H43N7O8/c1-19(2)32-35(50)42-28(17-39-33(48)22-11-9-21(10-12-22)20(3)37)34(49)40-18-30(45)41-27(15-31(46)47)29(44)14-23(36(51)43(32)4)13-24-16-38-26-8-6-5-7-25(24)26/h5-12,16,19,23,27-28,32,37-38H,13-15,17-18H2,1-4H3,(H,39,48)(H,40,49)(H,41,45)(H,42,50)(H,46,47)/t23-,27?,28-,32?/m0/s1. The summed E-state index contributed by atoms with van der Waals surface area (Å²) < 4.78 is 0. The fourth-order valence-electron chi connectivity index (χ4n) is 6.14. The maximum absolute atomic E-state index is 14.3. The maximum Gasteiger partial charge on any atom is 0.305 e. The molecule has 0 spiro atoms. The SMILES string of the molecule is CC(=N)c1ccc(C(=O)NC[C@@H]2NC(=O)C(C(C)C)N(C)C(=O)[C@@H](Cc3c[nH]c4ccccc34)CC(=O)C(CC(=O)O)NC(=O)CNC2=O)cc1. The van der Waals surface area contributed by atoms with Gasteiger partial charge < -0.3 is 41.7 Å². The molecule has 0 aliphatic carbocycles. The third-order valence-corrected chi connectivity index (χ3v) is 8.81. The van der Waals surface area contributed by atoms with E-state index >= 15 is 0 Å². The van der Waals surface area contributed by atoms with Gasteiger partial charge >= 0.3 is 5.97 Å². The van der Waals surface area contributed by atoms with Crippen molar-refractivity contribution in [3.05, 3.63) is 71.4 Å². The molecule has 2 heterocycles. The summed E-state index contributed by atoms with van der Waals surface area (Å²) in [4.78, 5) is 97.1. The van der Waals surface area contributed by atoms with Crippen LogP contribution in [0.4, 0.5) is 0 Å². The number of aromatic nitrogens is 1. The Morgan fingerprint density at radius 1 is 0.961 bits per heavy atom. The third-order valence-electron chi connectivity index (χ3n) is 8.81. The number of benzene rings is 2. The lowest BCUT2D eigenvalue weighted by molar-refractivity contribution is -0.145. The number of carboxylic acid groups (broad SMARTS) is 1. The number of likely N-dealkylation sites (N-methyl/N-ethyl adjacent to an activating group) is 1. The minimum atomic E-state index is -1.50. The zero-order valence-corrected chi connectivity index (χ0v) is 28.9. The Morgan fingerprint density at radius 3 is 2.27 bits per heavy atom. The number of carbonyl (C=O) groups is 7. The highest BCUT2D eigenvalue weighted by Gasteiger charge is 2.38. The number of ketones is 1. The van der Waals surface area contributed by atoms with Crippen molar-refractivity contribution in [2.24, 2.45) is 11.8 Å². The summed E-state index contributed by atoms with van der Waals surface area (Å²) >= 11 is 0. The lowest BCUT2D eigenvalue weighted by Gasteiger charge is -2.34. The third kappa shape index (κ3) is 9.65. The van der Waals surface area contributed by atoms with Gasteiger partial charge in [-0.15, -0.1) is 0 Å². The molecule has 270 valence electrons. The average molecular weight is 702 g/mol. The van der Waals surface area contributed by atoms with Crippen LogP contribution in [0.25, 0.3) is 10.9 Å². The first-order valence-electron chi connectivity index (χ1n) is 16.5. The van der Waals surface area contributed by atoms with Gasteiger partial charge in [0.25, 0.3) is 5.91 Å². The van der Waals surface area contributed by atoms with Crippen LogP contribution in [0.2, 0.25) is 0 Å². The minimum Gasteiger partial charge on any atom is -0.481 e. The number of nitrogens with one attached hydrogen (secondary N) is 6. The number of aliphatic carboxylic acids is 1. The molecular formula is C36H43N7O8. The number of hydrogen-bond donors (Lipinski definition) is 7. The Balaban J connectivity index is 1.67. The van der Waals surface area contributed by atoms with Crippen molar-refractivity contribution in [3.8, 4) is 0 Å². The van der Waals surface area contributed by atoms with Gasteiger partial charge in [0.05, 0.1) is 19.0 Å². The van der Waals surface area contributed by atoms with Crippen LogP contribution in [-0.4, -0.2) is 100 Å². The zero-order chi connectivity index (χ0) is 37.4. The molecule has 7 N–H and O–H groups in total. The topological polar surface area (TPSA) is 231 Å². The summed E-state index contributed by atoms with van der Waals surface area (Å²) in [5.74, 6) is -7.15. The summed E-state index contributed by atoms with van der Waals surface area (Å²) in [6.07, 6.45) is 0.593. The van der Waals surface area contributed by atoms with Crippen LogP contribution in [0.3, 0.4) is 0 Å². The smallest absolute Gasteiger partial charge is 0.305 e. The van der Waals surface area contributed by atoms with E-state index in [-0.39, 0.29) is 12.0 Å². The van der Waals surface area contributed by atoms with Gasteiger partial charge in [-0.25, -0.2) is 0 Å². The second kappa shape index (κ2) is 16.7. The molecule has 1 saturated heterocycles. The van der Waals surface area contributed by atoms with E-state index in [0.717, 1.165) is 16.5 Å². The zero-order valence-electron chi connectivity index (χ0n) is 28.9. The lowest BCUT2D eigenvalue weighted by Crippen LogP contribution is -2.59. The van der Waals surface area contributed by atoms with E-state index in [4.69, 9.17) is 5.41 Å². The molecule has 1 aliphatic rings. The molecule has 1 fully saturated rings. The number of H-pyrrole nitrogens is 1. The molecule has 0 radical (unpaired) electrons. The van der Waals surface area contributed by atoms with Gasteiger partial charge in [-0.2, -0.15) is 0 Å². The Morgan fingerprint density at radius 2 is 1.63 bits per heavy atom. The van der Waals surface area contributed by atoms with E-state index < -0.39 is 97.2 Å². The molecule has 4 rings (SSSR count). The number of fused-ring (bicyclic) bond motifs is 1. The van der Waals surface area contributed by atoms with E-state index in [1.54, 1.807) is 39.1 Å². The predicted molar refractivity (Wildman–Crippen MR) is 187 cm³/mol. The van der Waals surface area contributed by atoms with Crippen LogP contribution in [-0.2, 0) is 35.2 Å². The highest BCUT2D eigenvalue weighted by molar-refractivity contribution is 6.00. The largest absolute Gasteiger partial charge is 0.481 e. The molecule has 4 atom stereocenters. The van der Waals surface area contributed by atoms with E-state index in [9.17, 15) is 38.7 Å². The van der Waals surface area contributed by atoms with Gasteiger partial charge in [-0.05, 0) is 48.6 Å². The highest BCUT2D eigenvalue weighted by Crippen LogP contribution is 2.25. The summed E-state index contributed by atoms with van der Waals surface area (Å²) in [5.41, 5.74) is 2.70. The summed E-state index contributed by atoms with van der Waals surface area (Å²) in [6.45, 7) is 3.97. The van der Waals surface area contributed by atoms with E-state index in [0.29, 0.717) is 11.3 Å². The molecule has 0 bridgehead atoms. The number of nitrogens with zero attached hydrogens (tertiary/aromatic N) is 1. The molecule has 5 amide bonds. The fraction of sp³-hybridized carbons (Fsp3) is 0.389. The predicted octanol–water partition coefficient (Wildman–Crippen LogP) is 1.16. The van der Waals surface area contributed by atoms with Crippen LogP contribution in [0.1, 0.15) is 55.1 Å². The first kappa shape index (κ1) is 38.0. The average Bonchev–Trinajstić information content (AvgIpc) is 3.49. The Hall–Kier alpha value is -5.86. The molecule has 2 unspecified atom stereocenters. The number of para-hydroxylation sites is 1. The van der Waals surface area contributed by atoms with Crippen molar-refractivity contribution >= 4 is 57.9 Å². The van der Waals surface area contributed by atoms with Crippen molar-refractivity contribution in [3.63, 3.8) is 0 Å². The summed E-state index contributed by atoms with van der Waals surface area (Å²) in [5, 5.41) is 28.1. The molecule has 2 aromatic carbocycles. The second-order valence-electron chi connectivity index (χ2n) is 13.0. The van der Waals surface area contributed by atoms with Gasteiger partial charge in [-0.1, -0.05) is 44.2 Å². The van der Waals surface area contributed by atoms with Crippen LogP contribution in [0, 0.1) is 17.2 Å². The van der Waals surface area contributed by atoms with Crippen molar-refractivity contribution in [1.82, 2.24) is 31.2 Å². The normalized spacial score (nSPS) is 21.0. The van der Waals surface area contributed by atoms with E-state index in [1.807, 2.05) is 24.3 Å². The van der Waals surface area contributed by atoms with Crippen LogP contribution < -0.4 is 21.3 Å². The summed E-state index contributed by atoms with van der Waals surface area (Å²) in [6, 6.07) is 9.59. The lowest BCUT2D eigenvalue weighted by atomic mass is 9.89. The van der Waals surface area contributed by atoms with Gasteiger partial charge in [0, 0.05) is 54.3 Å². The van der Waals surface area contributed by atoms with Crippen LogP contribution in [0.5, 0.6) is 0 Å². The van der Waals surface area contributed by atoms with Crippen molar-refractivity contribution in [2.45, 2.75) is 58.2 Å².